The number of aromatic nitrogens is 4. The first-order valence-corrected chi connectivity index (χ1v) is 9.20. The van der Waals surface area contributed by atoms with E-state index in [2.05, 4.69) is 25.7 Å². The van der Waals surface area contributed by atoms with Gasteiger partial charge in [0.1, 0.15) is 5.69 Å². The number of rotatable bonds is 5. The Morgan fingerprint density at radius 1 is 1.30 bits per heavy atom. The largest absolute Gasteiger partial charge is 0.350 e. The molecule has 0 saturated carbocycles. The number of aromatic amines is 1. The van der Waals surface area contributed by atoms with Gasteiger partial charge >= 0.3 is 0 Å². The molecule has 0 radical (unpaired) electrons. The number of para-hydroxylation sites is 2. The number of benzene rings is 1. The zero-order valence-electron chi connectivity index (χ0n) is 15.0. The first kappa shape index (κ1) is 17.4. The number of carbonyl (C=O) groups is 1. The molecular weight excluding hydrogens is 344 g/mol. The van der Waals surface area contributed by atoms with Crippen LogP contribution in [-0.2, 0) is 30.8 Å². The van der Waals surface area contributed by atoms with Gasteiger partial charge in [-0.05, 0) is 31.2 Å². The van der Waals surface area contributed by atoms with Crippen molar-refractivity contribution in [2.24, 2.45) is 0 Å². The number of amides is 1. The molecule has 3 heterocycles. The van der Waals surface area contributed by atoms with Gasteiger partial charge in [-0.25, -0.2) is 4.98 Å². The topological polar surface area (TPSA) is 105 Å². The molecule has 3 aromatic rings. The Hall–Kier alpha value is -3.00. The molecule has 2 aromatic heterocycles. The predicted molar refractivity (Wildman–Crippen MR) is 101 cm³/mol. The van der Waals surface area contributed by atoms with Crippen molar-refractivity contribution in [3.8, 4) is 0 Å². The smallest absolute Gasteiger partial charge is 0.270 e. The lowest BCUT2D eigenvalue weighted by molar-refractivity contribution is -0.121. The van der Waals surface area contributed by atoms with E-state index < -0.39 is 0 Å². The van der Waals surface area contributed by atoms with Crippen LogP contribution in [0.5, 0.6) is 0 Å². The molecule has 8 heteroatoms. The van der Waals surface area contributed by atoms with Crippen molar-refractivity contribution in [1.82, 2.24) is 30.4 Å². The molecular formula is C19H22N6O2. The standard InChI is InChI=1S/C19H22N6O2/c26-18(21-11-13-10-14-12-20-8-3-9-25(14)24-13)7-6-17-19(27)23-16-5-2-1-4-15(16)22-17/h1-2,4-5,10,20H,3,6-9,11-12H2,(H,21,26)(H,23,27). The van der Waals surface area contributed by atoms with Crippen LogP contribution >= 0.6 is 0 Å². The van der Waals surface area contributed by atoms with Crippen molar-refractivity contribution in [2.45, 2.75) is 38.9 Å². The van der Waals surface area contributed by atoms with Crippen molar-refractivity contribution in [2.75, 3.05) is 6.54 Å². The molecule has 0 spiro atoms. The Morgan fingerprint density at radius 3 is 3.11 bits per heavy atom. The average molecular weight is 366 g/mol. The van der Waals surface area contributed by atoms with E-state index in [0.717, 1.165) is 43.0 Å². The molecule has 140 valence electrons. The molecule has 0 aliphatic carbocycles. The lowest BCUT2D eigenvalue weighted by atomic mass is 10.2. The van der Waals surface area contributed by atoms with Gasteiger partial charge in [-0.2, -0.15) is 5.10 Å². The quantitative estimate of drug-likeness (QED) is 0.621. The second-order valence-corrected chi connectivity index (χ2v) is 6.69. The summed E-state index contributed by atoms with van der Waals surface area (Å²) < 4.78 is 2.00. The van der Waals surface area contributed by atoms with Gasteiger partial charge in [-0.15, -0.1) is 0 Å². The van der Waals surface area contributed by atoms with Crippen LogP contribution in [0.25, 0.3) is 11.0 Å². The van der Waals surface area contributed by atoms with Crippen LogP contribution in [0.1, 0.15) is 29.9 Å². The second-order valence-electron chi connectivity index (χ2n) is 6.69. The van der Waals surface area contributed by atoms with Crippen LogP contribution in [0.3, 0.4) is 0 Å². The van der Waals surface area contributed by atoms with Crippen LogP contribution < -0.4 is 16.2 Å². The molecule has 0 fully saturated rings. The molecule has 3 N–H and O–H groups in total. The molecule has 0 atom stereocenters. The Morgan fingerprint density at radius 2 is 2.19 bits per heavy atom. The maximum absolute atomic E-state index is 12.2. The normalized spacial score (nSPS) is 13.9. The molecule has 27 heavy (non-hydrogen) atoms. The van der Waals surface area contributed by atoms with Gasteiger partial charge in [0.25, 0.3) is 5.56 Å². The third kappa shape index (κ3) is 4.06. The summed E-state index contributed by atoms with van der Waals surface area (Å²) in [6.07, 6.45) is 1.56. The fraction of sp³-hybridized carbons (Fsp3) is 0.368. The van der Waals surface area contributed by atoms with Gasteiger partial charge in [0.05, 0.1) is 29.0 Å². The highest BCUT2D eigenvalue weighted by Gasteiger charge is 2.12. The van der Waals surface area contributed by atoms with E-state index in [9.17, 15) is 9.59 Å². The Balaban J connectivity index is 1.34. The fourth-order valence-electron chi connectivity index (χ4n) is 3.25. The summed E-state index contributed by atoms with van der Waals surface area (Å²) in [4.78, 5) is 31.4. The van der Waals surface area contributed by atoms with Crippen molar-refractivity contribution in [1.29, 1.82) is 0 Å². The van der Waals surface area contributed by atoms with Crippen LogP contribution in [0.2, 0.25) is 0 Å². The summed E-state index contributed by atoms with van der Waals surface area (Å²) in [6.45, 7) is 3.09. The Labute approximate surface area is 156 Å². The van der Waals surface area contributed by atoms with Crippen LogP contribution in [-0.4, -0.2) is 32.2 Å². The van der Waals surface area contributed by atoms with Crippen LogP contribution in [0.15, 0.2) is 35.1 Å². The molecule has 0 bridgehead atoms. The van der Waals surface area contributed by atoms with Gasteiger partial charge in [-0.3, -0.25) is 14.3 Å². The van der Waals surface area contributed by atoms with E-state index in [0.29, 0.717) is 24.2 Å². The van der Waals surface area contributed by atoms with E-state index in [4.69, 9.17) is 0 Å². The predicted octanol–water partition coefficient (Wildman–Crippen LogP) is 0.862. The van der Waals surface area contributed by atoms with Gasteiger partial charge in [0.2, 0.25) is 5.91 Å². The Bertz CT molecular complexity index is 999. The number of nitrogens with zero attached hydrogens (tertiary/aromatic N) is 3. The molecule has 1 aromatic carbocycles. The van der Waals surface area contributed by atoms with E-state index in [1.165, 1.54) is 0 Å². The number of carbonyl (C=O) groups excluding carboxylic acids is 1. The van der Waals surface area contributed by atoms with Crippen molar-refractivity contribution >= 4 is 16.9 Å². The van der Waals surface area contributed by atoms with Crippen molar-refractivity contribution < 1.29 is 4.79 Å². The highest BCUT2D eigenvalue weighted by Crippen LogP contribution is 2.09. The summed E-state index contributed by atoms with van der Waals surface area (Å²) in [5, 5.41) is 10.8. The van der Waals surface area contributed by atoms with Gasteiger partial charge in [-0.1, -0.05) is 12.1 Å². The lowest BCUT2D eigenvalue weighted by Crippen LogP contribution is -2.25. The third-order valence-electron chi connectivity index (χ3n) is 4.67. The summed E-state index contributed by atoms with van der Waals surface area (Å²) >= 11 is 0. The number of hydrogen-bond acceptors (Lipinski definition) is 5. The number of hydrogen-bond donors (Lipinski definition) is 3. The lowest BCUT2D eigenvalue weighted by Gasteiger charge is -2.04. The number of H-pyrrole nitrogens is 1. The second kappa shape index (κ2) is 7.71. The molecule has 8 nitrogen and oxygen atoms in total. The van der Waals surface area contributed by atoms with Crippen molar-refractivity contribution in [3.63, 3.8) is 0 Å². The zero-order chi connectivity index (χ0) is 18.6. The molecule has 1 aliphatic heterocycles. The number of nitrogens with one attached hydrogen (secondary N) is 3. The molecule has 0 unspecified atom stereocenters. The number of aryl methyl sites for hydroxylation is 2. The fourth-order valence-corrected chi connectivity index (χ4v) is 3.25. The third-order valence-corrected chi connectivity index (χ3v) is 4.67. The average Bonchev–Trinajstić information content (AvgIpc) is 2.93. The van der Waals surface area contributed by atoms with E-state index in [1.807, 2.05) is 35.0 Å². The maximum Gasteiger partial charge on any atom is 0.270 e. The van der Waals surface area contributed by atoms with Gasteiger partial charge in [0.15, 0.2) is 0 Å². The first-order valence-electron chi connectivity index (χ1n) is 9.20. The first-order chi connectivity index (χ1) is 13.2. The Kier molecular flexibility index (Phi) is 4.97. The summed E-state index contributed by atoms with van der Waals surface area (Å²) in [5.41, 5.74) is 3.55. The van der Waals surface area contributed by atoms with Gasteiger partial charge in [0, 0.05) is 25.9 Å². The molecule has 1 aliphatic rings. The monoisotopic (exact) mass is 366 g/mol. The molecule has 1 amide bonds. The maximum atomic E-state index is 12.2. The molecule has 4 rings (SSSR count). The summed E-state index contributed by atoms with van der Waals surface area (Å²) in [5.74, 6) is -0.120. The molecule has 0 saturated heterocycles. The minimum Gasteiger partial charge on any atom is -0.350 e. The summed E-state index contributed by atoms with van der Waals surface area (Å²) in [6, 6.07) is 9.38. The summed E-state index contributed by atoms with van der Waals surface area (Å²) in [7, 11) is 0. The highest BCUT2D eigenvalue weighted by molar-refractivity contribution is 5.76. The minimum atomic E-state index is -0.244. The van der Waals surface area contributed by atoms with E-state index in [-0.39, 0.29) is 17.9 Å². The van der Waals surface area contributed by atoms with Gasteiger partial charge < -0.3 is 15.6 Å². The number of fused-ring (bicyclic) bond motifs is 2. The van der Waals surface area contributed by atoms with Crippen LogP contribution in [0.4, 0.5) is 0 Å². The van der Waals surface area contributed by atoms with E-state index in [1.54, 1.807) is 0 Å². The SMILES string of the molecule is O=C(CCc1nc2ccccc2[nH]c1=O)NCc1cc2n(n1)CCCNC2. The van der Waals surface area contributed by atoms with Crippen molar-refractivity contribution in [3.05, 3.63) is 57.8 Å². The van der Waals surface area contributed by atoms with E-state index >= 15 is 0 Å². The highest BCUT2D eigenvalue weighted by atomic mass is 16.1. The zero-order valence-corrected chi connectivity index (χ0v) is 15.0. The van der Waals surface area contributed by atoms with Crippen LogP contribution in [0, 0.1) is 0 Å². The minimum absolute atomic E-state index is 0.120.